The van der Waals surface area contributed by atoms with Crippen molar-refractivity contribution in [2.45, 2.75) is 65.2 Å². The zero-order chi connectivity index (χ0) is 21.1. The fourth-order valence-electron chi connectivity index (χ4n) is 7.54. The molecule has 0 saturated heterocycles. The minimum Gasteiger partial charge on any atom is -0.481 e. The first kappa shape index (κ1) is 19.8. The van der Waals surface area contributed by atoms with Crippen LogP contribution in [0.3, 0.4) is 0 Å². The number of allylic oxidation sites excluding steroid dienone is 2. The molecular formula is C26H33NO3. The molecule has 0 bridgehead atoms. The Bertz CT molecular complexity index is 921. The highest BCUT2D eigenvalue weighted by Gasteiger charge is 2.58. The van der Waals surface area contributed by atoms with Crippen molar-refractivity contribution in [3.8, 4) is 0 Å². The molecule has 4 nitrogen and oxygen atoms in total. The first-order chi connectivity index (χ1) is 14.3. The number of hydrogen-bond acceptors (Lipinski definition) is 3. The van der Waals surface area contributed by atoms with E-state index in [1.165, 1.54) is 32.1 Å². The maximum absolute atomic E-state index is 13.0. The predicted molar refractivity (Wildman–Crippen MR) is 117 cm³/mol. The number of rotatable bonds is 2. The zero-order valence-corrected chi connectivity index (χ0v) is 18.1. The fraction of sp³-hybridized carbons (Fsp3) is 0.615. The molecule has 1 heterocycles. The van der Waals surface area contributed by atoms with E-state index in [9.17, 15) is 14.7 Å². The van der Waals surface area contributed by atoms with Crippen molar-refractivity contribution in [1.29, 1.82) is 0 Å². The predicted octanol–water partition coefficient (Wildman–Crippen LogP) is 5.90. The summed E-state index contributed by atoms with van der Waals surface area (Å²) in [7, 11) is 0. The van der Waals surface area contributed by atoms with E-state index in [0.717, 1.165) is 24.4 Å². The largest absolute Gasteiger partial charge is 0.481 e. The van der Waals surface area contributed by atoms with Crippen LogP contribution in [0.4, 0.5) is 5.69 Å². The van der Waals surface area contributed by atoms with Gasteiger partial charge in [0.2, 0.25) is 5.78 Å². The highest BCUT2D eigenvalue weighted by Crippen LogP contribution is 2.63. The van der Waals surface area contributed by atoms with Crippen molar-refractivity contribution in [3.63, 3.8) is 0 Å². The van der Waals surface area contributed by atoms with Gasteiger partial charge in [0.15, 0.2) is 0 Å². The Morgan fingerprint density at radius 3 is 2.67 bits per heavy atom. The van der Waals surface area contributed by atoms with Crippen molar-refractivity contribution >= 4 is 17.4 Å². The molecule has 6 atom stereocenters. The van der Waals surface area contributed by atoms with E-state index in [1.54, 1.807) is 0 Å². The van der Waals surface area contributed by atoms with Gasteiger partial charge >= 0.3 is 5.97 Å². The number of carbonyl (C=O) groups is 2. The Hall–Kier alpha value is -2.10. The van der Waals surface area contributed by atoms with Crippen LogP contribution in [0.5, 0.6) is 0 Å². The summed E-state index contributed by atoms with van der Waals surface area (Å²) in [6.45, 7) is 4.39. The summed E-state index contributed by atoms with van der Waals surface area (Å²) >= 11 is 0. The highest BCUT2D eigenvalue weighted by atomic mass is 16.4. The maximum atomic E-state index is 13.0. The number of carboxylic acids is 1. The van der Waals surface area contributed by atoms with Crippen LogP contribution in [0.2, 0.25) is 0 Å². The first-order valence-corrected chi connectivity index (χ1v) is 11.7. The normalized spacial score (nSPS) is 41.5. The number of aliphatic carboxylic acids is 1. The quantitative estimate of drug-likeness (QED) is 0.599. The summed E-state index contributed by atoms with van der Waals surface area (Å²) in [5.74, 6) is 0.842. The molecule has 1 aromatic rings. The van der Waals surface area contributed by atoms with Gasteiger partial charge in [0.05, 0.1) is 11.1 Å². The molecule has 0 spiro atoms. The van der Waals surface area contributed by atoms with Crippen LogP contribution in [-0.4, -0.2) is 16.9 Å². The molecule has 4 aliphatic rings. The van der Waals surface area contributed by atoms with Crippen LogP contribution in [0.15, 0.2) is 36.0 Å². The van der Waals surface area contributed by atoms with Gasteiger partial charge in [-0.1, -0.05) is 38.0 Å². The van der Waals surface area contributed by atoms with Crippen molar-refractivity contribution < 1.29 is 14.7 Å². The van der Waals surface area contributed by atoms with Gasteiger partial charge in [-0.3, -0.25) is 9.59 Å². The van der Waals surface area contributed by atoms with E-state index in [0.29, 0.717) is 34.9 Å². The van der Waals surface area contributed by atoms with Crippen LogP contribution in [0, 0.1) is 34.5 Å². The van der Waals surface area contributed by atoms with Gasteiger partial charge in [-0.2, -0.15) is 0 Å². The summed E-state index contributed by atoms with van der Waals surface area (Å²) in [5, 5.41) is 13.5. The lowest BCUT2D eigenvalue weighted by Gasteiger charge is -2.59. The Morgan fingerprint density at radius 1 is 1.10 bits per heavy atom. The van der Waals surface area contributed by atoms with E-state index in [2.05, 4.69) is 12.2 Å². The molecule has 5 rings (SSSR count). The van der Waals surface area contributed by atoms with Crippen LogP contribution in [0.1, 0.15) is 75.6 Å². The molecule has 3 aliphatic carbocycles. The van der Waals surface area contributed by atoms with Gasteiger partial charge in [-0.05, 0) is 86.7 Å². The number of carbonyl (C=O) groups excluding carboxylic acids is 1. The van der Waals surface area contributed by atoms with E-state index < -0.39 is 11.4 Å². The minimum absolute atomic E-state index is 0.00183. The Kier molecular flexibility index (Phi) is 4.61. The van der Waals surface area contributed by atoms with E-state index >= 15 is 0 Å². The number of ketones is 1. The molecule has 2 N–H and O–H groups in total. The molecular weight excluding hydrogens is 374 g/mol. The van der Waals surface area contributed by atoms with Crippen LogP contribution in [-0.2, 0) is 4.79 Å². The fourth-order valence-corrected chi connectivity index (χ4v) is 7.54. The maximum Gasteiger partial charge on any atom is 0.309 e. The number of nitrogens with one attached hydrogen (secondary N) is 1. The van der Waals surface area contributed by atoms with Gasteiger partial charge < -0.3 is 10.4 Å². The van der Waals surface area contributed by atoms with E-state index in [4.69, 9.17) is 0 Å². The number of anilines is 1. The minimum atomic E-state index is -0.817. The second-order valence-electron chi connectivity index (χ2n) is 10.7. The number of hydrogen-bond donors (Lipinski definition) is 2. The summed E-state index contributed by atoms with van der Waals surface area (Å²) in [4.78, 5) is 25.5. The van der Waals surface area contributed by atoms with Crippen LogP contribution >= 0.6 is 0 Å². The molecule has 1 aliphatic heterocycles. The van der Waals surface area contributed by atoms with E-state index in [-0.39, 0.29) is 11.7 Å². The molecule has 6 unspecified atom stereocenters. The molecule has 0 aromatic heterocycles. The smallest absolute Gasteiger partial charge is 0.309 e. The second kappa shape index (κ2) is 6.96. The highest BCUT2D eigenvalue weighted by molar-refractivity contribution is 6.18. The molecule has 3 fully saturated rings. The molecule has 4 heteroatoms. The Labute approximate surface area is 179 Å². The van der Waals surface area contributed by atoms with Gasteiger partial charge in [0.25, 0.3) is 0 Å². The molecule has 160 valence electrons. The average Bonchev–Trinajstić information content (AvgIpc) is 3.05. The van der Waals surface area contributed by atoms with Crippen LogP contribution < -0.4 is 5.32 Å². The molecule has 1 aromatic carbocycles. The first-order valence-electron chi connectivity index (χ1n) is 11.7. The summed E-state index contributed by atoms with van der Waals surface area (Å²) in [6, 6.07) is 7.57. The van der Waals surface area contributed by atoms with E-state index in [1.807, 2.05) is 37.3 Å². The number of carboxylic acid groups (broad SMARTS) is 1. The SMILES string of the molecule is CC1(C(=O)O)CCC2C(CCC3CCCCC32C)C1C=C1Nc2ccccc2C1=O. The Balaban J connectivity index is 1.54. The summed E-state index contributed by atoms with van der Waals surface area (Å²) in [6.07, 6.45) is 11.2. The van der Waals surface area contributed by atoms with Gasteiger partial charge in [0.1, 0.15) is 0 Å². The lowest BCUT2D eigenvalue weighted by Crippen LogP contribution is -2.54. The Morgan fingerprint density at radius 2 is 1.90 bits per heavy atom. The van der Waals surface area contributed by atoms with Gasteiger partial charge in [-0.15, -0.1) is 0 Å². The monoisotopic (exact) mass is 407 g/mol. The molecule has 3 saturated carbocycles. The van der Waals surface area contributed by atoms with Gasteiger partial charge in [0, 0.05) is 11.3 Å². The number of Topliss-reactive ketones (excluding diaryl/α,β-unsaturated/α-hetero) is 1. The zero-order valence-electron chi connectivity index (χ0n) is 18.1. The number of fused-ring (bicyclic) bond motifs is 4. The number of benzene rings is 1. The van der Waals surface area contributed by atoms with Crippen LogP contribution in [0.25, 0.3) is 0 Å². The summed E-state index contributed by atoms with van der Waals surface area (Å²) in [5.41, 5.74) is 1.61. The van der Waals surface area contributed by atoms with Crippen molar-refractivity contribution in [2.24, 2.45) is 34.5 Å². The molecule has 30 heavy (non-hydrogen) atoms. The van der Waals surface area contributed by atoms with Crippen molar-refractivity contribution in [2.75, 3.05) is 5.32 Å². The third kappa shape index (κ3) is 2.79. The lowest BCUT2D eigenvalue weighted by molar-refractivity contribution is -0.162. The van der Waals surface area contributed by atoms with Crippen molar-refractivity contribution in [1.82, 2.24) is 0 Å². The number of para-hydroxylation sites is 1. The summed E-state index contributed by atoms with van der Waals surface area (Å²) < 4.78 is 0. The van der Waals surface area contributed by atoms with Gasteiger partial charge in [-0.25, -0.2) is 0 Å². The molecule has 0 radical (unpaired) electrons. The standard InChI is InChI=1S/C26H33NO3/c1-25-13-6-5-7-16(25)10-11-17-19(25)12-14-26(2,24(29)30)20(17)15-22-23(28)18-8-3-4-9-21(18)27-22/h3-4,8-9,15-17,19-20,27H,5-7,10-14H2,1-2H3,(H,29,30). The third-order valence-corrected chi connectivity index (χ3v) is 9.36. The third-order valence-electron chi connectivity index (χ3n) is 9.36. The van der Waals surface area contributed by atoms with Crippen molar-refractivity contribution in [3.05, 3.63) is 41.6 Å². The lowest BCUT2D eigenvalue weighted by atomic mass is 9.45. The second-order valence-corrected chi connectivity index (χ2v) is 10.7. The average molecular weight is 408 g/mol. The topological polar surface area (TPSA) is 66.4 Å². The molecule has 0 amide bonds.